The molecule has 126 valence electrons. The van der Waals surface area contributed by atoms with Gasteiger partial charge in [-0.05, 0) is 43.2 Å². The Bertz CT molecular complexity index is 493. The van der Waals surface area contributed by atoms with E-state index in [4.69, 9.17) is 9.57 Å². The van der Waals surface area contributed by atoms with Gasteiger partial charge in [-0.1, -0.05) is 43.0 Å². The molecule has 1 aromatic carbocycles. The smallest absolute Gasteiger partial charge is 0.213 e. The van der Waals surface area contributed by atoms with E-state index in [1.165, 1.54) is 0 Å². The minimum Gasteiger partial charge on any atom is -0.474 e. The monoisotopic (exact) mass is 317 g/mol. The molecule has 1 N–H and O–H groups in total. The summed E-state index contributed by atoms with van der Waals surface area (Å²) in [7, 11) is 1.84. The van der Waals surface area contributed by atoms with Gasteiger partial charge in [-0.2, -0.15) is 0 Å². The Morgan fingerprint density at radius 1 is 1.26 bits per heavy atom. The number of aliphatic hydroxyl groups excluding tert-OH is 1. The predicted octanol–water partition coefficient (Wildman–Crippen LogP) is 3.65. The quantitative estimate of drug-likeness (QED) is 0.451. The van der Waals surface area contributed by atoms with E-state index in [1.54, 1.807) is 11.1 Å². The summed E-state index contributed by atoms with van der Waals surface area (Å²) in [6.45, 7) is 4.52. The molecular formula is C19H27NO3. The minimum absolute atomic E-state index is 0.173. The first-order valence-corrected chi connectivity index (χ1v) is 8.23. The molecular weight excluding hydrogens is 290 g/mol. The van der Waals surface area contributed by atoms with Crippen molar-refractivity contribution < 1.29 is 14.7 Å². The zero-order valence-corrected chi connectivity index (χ0v) is 13.9. The number of nitrogens with zero attached hydrogens (tertiary/aromatic N) is 1. The fraction of sp³-hybridized carbons (Fsp3) is 0.474. The third-order valence-corrected chi connectivity index (χ3v) is 4.18. The lowest BCUT2D eigenvalue weighted by atomic mass is 9.88. The van der Waals surface area contributed by atoms with Crippen molar-refractivity contribution in [3.63, 3.8) is 0 Å². The summed E-state index contributed by atoms with van der Waals surface area (Å²) < 4.78 is 6.08. The highest BCUT2D eigenvalue weighted by Crippen LogP contribution is 2.27. The van der Waals surface area contributed by atoms with E-state index < -0.39 is 0 Å². The Labute approximate surface area is 139 Å². The number of hydroxylamine groups is 2. The molecule has 4 heteroatoms. The van der Waals surface area contributed by atoms with Gasteiger partial charge in [-0.15, -0.1) is 0 Å². The maximum Gasteiger partial charge on any atom is 0.213 e. The van der Waals surface area contributed by atoms with Gasteiger partial charge in [-0.3, -0.25) is 4.84 Å². The Kier molecular flexibility index (Phi) is 7.17. The second-order valence-corrected chi connectivity index (χ2v) is 5.94. The fourth-order valence-electron chi connectivity index (χ4n) is 2.73. The van der Waals surface area contributed by atoms with E-state index in [1.807, 2.05) is 43.5 Å². The first-order chi connectivity index (χ1) is 11.2. The van der Waals surface area contributed by atoms with E-state index in [9.17, 15) is 5.11 Å². The molecule has 23 heavy (non-hydrogen) atoms. The molecule has 0 atom stereocenters. The topological polar surface area (TPSA) is 41.9 Å². The van der Waals surface area contributed by atoms with Gasteiger partial charge in [0, 0.05) is 13.7 Å². The molecule has 0 radical (unpaired) electrons. The van der Waals surface area contributed by atoms with Gasteiger partial charge in [0.15, 0.2) is 0 Å². The van der Waals surface area contributed by atoms with E-state index in [0.29, 0.717) is 18.4 Å². The summed E-state index contributed by atoms with van der Waals surface area (Å²) in [5.41, 5.74) is 1.11. The number of ether oxygens (including phenoxy) is 1. The second-order valence-electron chi connectivity index (χ2n) is 5.94. The average Bonchev–Trinajstić information content (AvgIpc) is 2.61. The number of benzene rings is 1. The maximum atomic E-state index is 9.22. The number of rotatable bonds is 8. The van der Waals surface area contributed by atoms with E-state index >= 15 is 0 Å². The molecule has 0 unspecified atom stereocenters. The van der Waals surface area contributed by atoms with E-state index in [-0.39, 0.29) is 12.7 Å². The lowest BCUT2D eigenvalue weighted by molar-refractivity contribution is -0.168. The highest BCUT2D eigenvalue weighted by Gasteiger charge is 2.23. The van der Waals surface area contributed by atoms with Crippen LogP contribution in [0.5, 0.6) is 0 Å². The molecule has 1 fully saturated rings. The van der Waals surface area contributed by atoms with Crippen LogP contribution in [0.2, 0.25) is 0 Å². The van der Waals surface area contributed by atoms with Crippen LogP contribution < -0.4 is 0 Å². The molecule has 4 nitrogen and oxygen atoms in total. The van der Waals surface area contributed by atoms with Crippen molar-refractivity contribution in [3.05, 3.63) is 60.5 Å². The number of hydrogen-bond acceptors (Lipinski definition) is 4. The zero-order valence-electron chi connectivity index (χ0n) is 13.9. The summed E-state index contributed by atoms with van der Waals surface area (Å²) in [6, 6.07) is 10.0. The largest absolute Gasteiger partial charge is 0.474 e. The summed E-state index contributed by atoms with van der Waals surface area (Å²) in [4.78, 5) is 5.78. The maximum absolute atomic E-state index is 9.22. The van der Waals surface area contributed by atoms with Crippen LogP contribution in [0.3, 0.4) is 0 Å². The number of hydrogen-bond donors (Lipinski definition) is 1. The molecule has 0 aromatic heterocycles. The first-order valence-electron chi connectivity index (χ1n) is 8.23. The molecule has 0 saturated heterocycles. The molecule has 0 bridgehead atoms. The molecule has 0 amide bonds. The van der Waals surface area contributed by atoms with Crippen LogP contribution in [0.4, 0.5) is 0 Å². The van der Waals surface area contributed by atoms with Crippen molar-refractivity contribution >= 4 is 0 Å². The zero-order chi connectivity index (χ0) is 16.5. The highest BCUT2D eigenvalue weighted by atomic mass is 16.7. The third kappa shape index (κ3) is 5.73. The number of aliphatic hydroxyl groups is 1. The molecule has 0 heterocycles. The lowest BCUT2D eigenvalue weighted by Crippen LogP contribution is -2.28. The summed E-state index contributed by atoms with van der Waals surface area (Å²) >= 11 is 0. The van der Waals surface area contributed by atoms with Crippen LogP contribution in [-0.4, -0.2) is 29.9 Å². The lowest BCUT2D eigenvalue weighted by Gasteiger charge is -2.31. The van der Waals surface area contributed by atoms with Gasteiger partial charge in [0.2, 0.25) is 5.88 Å². The Morgan fingerprint density at radius 2 is 1.96 bits per heavy atom. The van der Waals surface area contributed by atoms with E-state index in [0.717, 1.165) is 31.2 Å². The summed E-state index contributed by atoms with van der Waals surface area (Å²) in [6.07, 6.45) is 7.65. The van der Waals surface area contributed by atoms with Crippen LogP contribution in [-0.2, 0) is 16.2 Å². The van der Waals surface area contributed by atoms with Gasteiger partial charge in [-0.25, -0.2) is 5.06 Å². The van der Waals surface area contributed by atoms with Gasteiger partial charge in [0.05, 0.1) is 0 Å². The second kappa shape index (κ2) is 9.38. The molecule has 1 aromatic rings. The Balaban J connectivity index is 1.85. The average molecular weight is 317 g/mol. The van der Waals surface area contributed by atoms with Crippen molar-refractivity contribution in [2.75, 3.05) is 13.7 Å². The van der Waals surface area contributed by atoms with Crippen molar-refractivity contribution in [2.45, 2.75) is 38.4 Å². The van der Waals surface area contributed by atoms with Crippen LogP contribution in [0, 0.1) is 5.92 Å². The van der Waals surface area contributed by atoms with Gasteiger partial charge < -0.3 is 9.84 Å². The Morgan fingerprint density at radius 3 is 2.57 bits per heavy atom. The molecule has 1 aliphatic carbocycles. The van der Waals surface area contributed by atoms with Gasteiger partial charge in [0.1, 0.15) is 12.7 Å². The van der Waals surface area contributed by atoms with Crippen LogP contribution in [0.15, 0.2) is 54.9 Å². The van der Waals surface area contributed by atoms with E-state index in [2.05, 4.69) is 6.58 Å². The molecule has 1 aliphatic rings. The third-order valence-electron chi connectivity index (χ3n) is 4.18. The van der Waals surface area contributed by atoms with Gasteiger partial charge >= 0.3 is 0 Å². The van der Waals surface area contributed by atoms with Crippen molar-refractivity contribution in [3.8, 4) is 0 Å². The summed E-state index contributed by atoms with van der Waals surface area (Å²) in [5, 5.41) is 10.9. The molecule has 2 rings (SSSR count). The normalized spacial score (nSPS) is 21.7. The molecule has 0 spiro atoms. The highest BCUT2D eigenvalue weighted by molar-refractivity contribution is 5.13. The Hall–Kier alpha value is -1.78. The molecule has 1 saturated carbocycles. The predicted molar refractivity (Wildman–Crippen MR) is 91.2 cm³/mol. The van der Waals surface area contributed by atoms with Crippen molar-refractivity contribution in [2.24, 2.45) is 5.92 Å². The first kappa shape index (κ1) is 17.6. The SMILES string of the molecule is C=C/C=C(/OC1CCC(CO)CC1)N(C)OCc1ccccc1. The van der Waals surface area contributed by atoms with Gasteiger partial charge in [0.25, 0.3) is 0 Å². The standard InChI is InChI=1S/C19H27NO3/c1-3-7-19(23-18-12-10-16(14-21)11-13-18)20(2)22-15-17-8-5-4-6-9-17/h3-9,16,18,21H,1,10-15H2,2H3/b19-7+. The van der Waals surface area contributed by atoms with Crippen molar-refractivity contribution in [1.29, 1.82) is 0 Å². The van der Waals surface area contributed by atoms with Crippen LogP contribution >= 0.6 is 0 Å². The molecule has 0 aliphatic heterocycles. The minimum atomic E-state index is 0.173. The van der Waals surface area contributed by atoms with Crippen molar-refractivity contribution in [1.82, 2.24) is 5.06 Å². The summed E-state index contributed by atoms with van der Waals surface area (Å²) in [5.74, 6) is 1.09. The van der Waals surface area contributed by atoms with Crippen LogP contribution in [0.1, 0.15) is 31.2 Å². The van der Waals surface area contributed by atoms with Crippen LogP contribution in [0.25, 0.3) is 0 Å². The fourth-order valence-corrected chi connectivity index (χ4v) is 2.73. The number of allylic oxidation sites excluding steroid dienone is 2.